The maximum Gasteiger partial charge on any atom is 0.414 e. The van der Waals surface area contributed by atoms with Crippen LogP contribution < -0.4 is 10.5 Å². The Morgan fingerprint density at radius 3 is 2.50 bits per heavy atom. The minimum atomic E-state index is -1.49. The van der Waals surface area contributed by atoms with E-state index in [2.05, 4.69) is 0 Å². The van der Waals surface area contributed by atoms with Crippen LogP contribution in [-0.4, -0.2) is 11.3 Å². The summed E-state index contributed by atoms with van der Waals surface area (Å²) in [6.07, 6.45) is -1.49. The van der Waals surface area contributed by atoms with Crippen LogP contribution in [0.1, 0.15) is 0 Å². The molecule has 0 spiro atoms. The summed E-state index contributed by atoms with van der Waals surface area (Å²) in [6.45, 7) is 0. The molecule has 0 saturated heterocycles. The third kappa shape index (κ3) is 2.21. The number of nitro groups is 1. The molecule has 1 unspecified atom stereocenters. The highest BCUT2D eigenvalue weighted by atomic mass is 16.7. The molecule has 0 heterocycles. The monoisotopic (exact) mass is 168 g/mol. The fraction of sp³-hybridized carbons (Fsp3) is 0.143. The number of hydrogen-bond acceptors (Lipinski definition) is 4. The van der Waals surface area contributed by atoms with Gasteiger partial charge in [-0.05, 0) is 12.1 Å². The summed E-state index contributed by atoms with van der Waals surface area (Å²) in [5.74, 6) is 0.390. The van der Waals surface area contributed by atoms with Gasteiger partial charge in [0.2, 0.25) is 0 Å². The van der Waals surface area contributed by atoms with Crippen LogP contribution in [0, 0.1) is 10.1 Å². The lowest BCUT2D eigenvalue weighted by atomic mass is 10.3. The van der Waals surface area contributed by atoms with Crippen LogP contribution in [0.15, 0.2) is 30.3 Å². The number of para-hydroxylation sites is 1. The summed E-state index contributed by atoms with van der Waals surface area (Å²) in [6, 6.07) is 8.40. The molecule has 0 aliphatic heterocycles. The summed E-state index contributed by atoms with van der Waals surface area (Å²) in [5.41, 5.74) is 5.03. The van der Waals surface area contributed by atoms with E-state index in [-0.39, 0.29) is 0 Å². The van der Waals surface area contributed by atoms with E-state index in [0.717, 1.165) is 0 Å². The first-order valence-corrected chi connectivity index (χ1v) is 3.31. The zero-order valence-electron chi connectivity index (χ0n) is 6.21. The van der Waals surface area contributed by atoms with Gasteiger partial charge in [-0.15, -0.1) is 0 Å². The van der Waals surface area contributed by atoms with Crippen LogP contribution >= 0.6 is 0 Å². The highest BCUT2D eigenvalue weighted by Crippen LogP contribution is 2.08. The normalized spacial score (nSPS) is 12.1. The molecular formula is C7H8N2O3. The van der Waals surface area contributed by atoms with Crippen molar-refractivity contribution < 1.29 is 9.66 Å². The Balaban J connectivity index is 2.58. The molecule has 0 aliphatic carbocycles. The molecule has 1 aromatic carbocycles. The Labute approximate surface area is 68.9 Å². The van der Waals surface area contributed by atoms with E-state index in [1.54, 1.807) is 30.3 Å². The summed E-state index contributed by atoms with van der Waals surface area (Å²) in [7, 11) is 0. The highest BCUT2D eigenvalue weighted by Gasteiger charge is 2.13. The van der Waals surface area contributed by atoms with E-state index in [4.69, 9.17) is 10.5 Å². The molecule has 0 aliphatic rings. The molecule has 64 valence electrons. The Bertz CT molecular complexity index is 263. The molecule has 2 N–H and O–H groups in total. The molecule has 0 amide bonds. The van der Waals surface area contributed by atoms with Crippen molar-refractivity contribution in [1.82, 2.24) is 0 Å². The Hall–Kier alpha value is -1.62. The number of ether oxygens (including phenoxy) is 1. The first-order chi connectivity index (χ1) is 5.70. The third-order valence-electron chi connectivity index (χ3n) is 1.21. The maximum absolute atomic E-state index is 10.1. The molecular weight excluding hydrogens is 160 g/mol. The number of rotatable bonds is 3. The molecule has 5 heteroatoms. The van der Waals surface area contributed by atoms with E-state index in [1.807, 2.05) is 0 Å². The van der Waals surface area contributed by atoms with E-state index in [1.165, 1.54) is 0 Å². The van der Waals surface area contributed by atoms with Gasteiger partial charge in [0, 0.05) is 0 Å². The van der Waals surface area contributed by atoms with E-state index in [9.17, 15) is 10.1 Å². The van der Waals surface area contributed by atoms with Crippen LogP contribution in [0.5, 0.6) is 5.75 Å². The van der Waals surface area contributed by atoms with Crippen molar-refractivity contribution in [3.05, 3.63) is 40.4 Å². The van der Waals surface area contributed by atoms with Crippen molar-refractivity contribution in [3.8, 4) is 5.75 Å². The molecule has 0 radical (unpaired) electrons. The Kier molecular flexibility index (Phi) is 2.60. The predicted octanol–water partition coefficient (Wildman–Crippen LogP) is 0.584. The molecule has 1 aromatic rings. The Morgan fingerprint density at radius 1 is 1.42 bits per heavy atom. The zero-order chi connectivity index (χ0) is 8.97. The standard InChI is InChI=1S/C7H8N2O3/c8-7(9(10)11)12-6-4-2-1-3-5-6/h1-5,7H,8H2. The minimum absolute atomic E-state index is 0.390. The lowest BCUT2D eigenvalue weighted by molar-refractivity contribution is -0.561. The molecule has 0 saturated carbocycles. The number of nitrogens with two attached hydrogens (primary N) is 1. The maximum atomic E-state index is 10.1. The van der Waals surface area contributed by atoms with Gasteiger partial charge >= 0.3 is 6.35 Å². The average Bonchev–Trinajstić information content (AvgIpc) is 2.06. The van der Waals surface area contributed by atoms with Crippen molar-refractivity contribution in [2.45, 2.75) is 6.35 Å². The second-order valence-corrected chi connectivity index (χ2v) is 2.11. The van der Waals surface area contributed by atoms with Crippen molar-refractivity contribution >= 4 is 0 Å². The lowest BCUT2D eigenvalue weighted by Crippen LogP contribution is -2.35. The second kappa shape index (κ2) is 3.68. The van der Waals surface area contributed by atoms with Crippen molar-refractivity contribution in [2.24, 2.45) is 5.73 Å². The zero-order valence-corrected chi connectivity index (χ0v) is 6.21. The molecule has 12 heavy (non-hydrogen) atoms. The molecule has 1 atom stereocenters. The van der Waals surface area contributed by atoms with Crippen LogP contribution in [0.4, 0.5) is 0 Å². The van der Waals surface area contributed by atoms with E-state index in [0.29, 0.717) is 5.75 Å². The molecule has 0 aromatic heterocycles. The van der Waals surface area contributed by atoms with Crippen LogP contribution in [0.3, 0.4) is 0 Å². The summed E-state index contributed by atoms with van der Waals surface area (Å²) in [4.78, 5) is 9.36. The van der Waals surface area contributed by atoms with Crippen LogP contribution in [-0.2, 0) is 0 Å². The molecule has 0 bridgehead atoms. The molecule has 1 rings (SSSR count). The van der Waals surface area contributed by atoms with Gasteiger partial charge in [-0.25, -0.2) is 5.73 Å². The summed E-state index contributed by atoms with van der Waals surface area (Å²) >= 11 is 0. The van der Waals surface area contributed by atoms with Gasteiger partial charge in [0.15, 0.2) is 0 Å². The number of nitrogens with zero attached hydrogens (tertiary/aromatic N) is 1. The van der Waals surface area contributed by atoms with E-state index < -0.39 is 11.3 Å². The summed E-state index contributed by atoms with van der Waals surface area (Å²) < 4.78 is 4.75. The predicted molar refractivity (Wildman–Crippen MR) is 42.0 cm³/mol. The molecule has 0 fully saturated rings. The average molecular weight is 168 g/mol. The van der Waals surface area contributed by atoms with Crippen LogP contribution in [0.25, 0.3) is 0 Å². The van der Waals surface area contributed by atoms with Gasteiger partial charge in [-0.2, -0.15) is 0 Å². The molecule has 5 nitrogen and oxygen atoms in total. The van der Waals surface area contributed by atoms with E-state index >= 15 is 0 Å². The summed E-state index contributed by atoms with van der Waals surface area (Å²) in [5, 5.41) is 10.1. The van der Waals surface area contributed by atoms with Crippen molar-refractivity contribution in [2.75, 3.05) is 0 Å². The fourth-order valence-corrected chi connectivity index (χ4v) is 0.682. The van der Waals surface area contributed by atoms with Gasteiger partial charge in [-0.3, -0.25) is 10.1 Å². The first kappa shape index (κ1) is 8.48. The van der Waals surface area contributed by atoms with Gasteiger partial charge < -0.3 is 4.74 Å². The lowest BCUT2D eigenvalue weighted by Gasteiger charge is -2.05. The quantitative estimate of drug-likeness (QED) is 0.407. The largest absolute Gasteiger partial charge is 0.418 e. The van der Waals surface area contributed by atoms with Crippen molar-refractivity contribution in [3.63, 3.8) is 0 Å². The van der Waals surface area contributed by atoms with Crippen LogP contribution in [0.2, 0.25) is 0 Å². The highest BCUT2D eigenvalue weighted by molar-refractivity contribution is 5.20. The second-order valence-electron chi connectivity index (χ2n) is 2.11. The van der Waals surface area contributed by atoms with Gasteiger partial charge in [0.1, 0.15) is 5.75 Å². The third-order valence-corrected chi connectivity index (χ3v) is 1.21. The Morgan fingerprint density at radius 2 is 2.00 bits per heavy atom. The number of hydrogen-bond donors (Lipinski definition) is 1. The minimum Gasteiger partial charge on any atom is -0.418 e. The van der Waals surface area contributed by atoms with Gasteiger partial charge in [0.25, 0.3) is 0 Å². The van der Waals surface area contributed by atoms with Gasteiger partial charge in [0.05, 0.1) is 4.92 Å². The topological polar surface area (TPSA) is 78.4 Å². The van der Waals surface area contributed by atoms with Crippen molar-refractivity contribution in [1.29, 1.82) is 0 Å². The fourth-order valence-electron chi connectivity index (χ4n) is 0.682. The number of benzene rings is 1. The first-order valence-electron chi connectivity index (χ1n) is 3.31. The smallest absolute Gasteiger partial charge is 0.414 e. The SMILES string of the molecule is NC(Oc1ccccc1)[N+](=O)[O-]. The van der Waals surface area contributed by atoms with Gasteiger partial charge in [-0.1, -0.05) is 18.2 Å².